The third-order valence-electron chi connectivity index (χ3n) is 5.15. The molecule has 1 aliphatic rings. The van der Waals surface area contributed by atoms with Gasteiger partial charge in [0.1, 0.15) is 6.23 Å². The lowest BCUT2D eigenvalue weighted by Crippen LogP contribution is -2.27. The Bertz CT molecular complexity index is 898. The molecule has 0 aliphatic carbocycles. The second-order valence-electron chi connectivity index (χ2n) is 6.91. The second-order valence-corrected chi connectivity index (χ2v) is 7.70. The van der Waals surface area contributed by atoms with Gasteiger partial charge < -0.3 is 4.74 Å². The van der Waals surface area contributed by atoms with Gasteiger partial charge in [-0.25, -0.2) is 18.5 Å². The molecule has 0 N–H and O–H groups in total. The van der Waals surface area contributed by atoms with E-state index >= 15 is 0 Å². The highest BCUT2D eigenvalue weighted by Gasteiger charge is 2.27. The summed E-state index contributed by atoms with van der Waals surface area (Å²) in [5, 5.41) is 5.49. The van der Waals surface area contributed by atoms with E-state index in [2.05, 4.69) is 21.0 Å². The monoisotopic (exact) mass is 471 g/mol. The highest BCUT2D eigenvalue weighted by Crippen LogP contribution is 2.32. The van der Waals surface area contributed by atoms with Gasteiger partial charge in [-0.2, -0.15) is 5.10 Å². The quantitative estimate of drug-likeness (QED) is 0.462. The number of rotatable bonds is 6. The summed E-state index contributed by atoms with van der Waals surface area (Å²) in [5.74, 6) is -2.15. The van der Waals surface area contributed by atoms with Crippen LogP contribution in [0.5, 0.6) is 0 Å². The van der Waals surface area contributed by atoms with Gasteiger partial charge in [-0.05, 0) is 37.3 Å². The van der Waals surface area contributed by atoms with Crippen LogP contribution in [0.4, 0.5) is 8.78 Å². The van der Waals surface area contributed by atoms with Gasteiger partial charge in [0.25, 0.3) is 5.91 Å². The Morgan fingerprint density at radius 3 is 2.83 bits per heavy atom. The van der Waals surface area contributed by atoms with E-state index in [1.807, 2.05) is 0 Å². The van der Waals surface area contributed by atoms with Crippen molar-refractivity contribution in [1.29, 1.82) is 0 Å². The van der Waals surface area contributed by atoms with Gasteiger partial charge in [0.2, 0.25) is 0 Å². The number of amides is 1. The van der Waals surface area contributed by atoms with E-state index < -0.39 is 11.6 Å². The van der Waals surface area contributed by atoms with Crippen LogP contribution >= 0.6 is 15.9 Å². The second kappa shape index (κ2) is 9.32. The molecule has 1 amide bonds. The largest absolute Gasteiger partial charge is 0.357 e. The molecule has 3 rings (SSSR count). The van der Waals surface area contributed by atoms with Gasteiger partial charge in [-0.3, -0.25) is 9.63 Å². The van der Waals surface area contributed by atoms with Crippen molar-refractivity contribution in [2.45, 2.75) is 45.3 Å². The molecule has 1 atom stereocenters. The number of benzene rings is 1. The number of halogens is 3. The number of hydrogen-bond acceptors (Lipinski definition) is 4. The fraction of sp³-hybridized carbons (Fsp3) is 0.500. The maximum atomic E-state index is 14.2. The SMILES string of the molecule is CCc1c(F)c(F)cc(Cc2c(C(=O)N(C)OC)cnn2C2CCCCO2)c1Br. The molecule has 0 saturated carbocycles. The van der Waals surface area contributed by atoms with Crippen LogP contribution < -0.4 is 0 Å². The van der Waals surface area contributed by atoms with Crippen molar-refractivity contribution in [3.63, 3.8) is 0 Å². The first kappa shape index (κ1) is 21.9. The minimum Gasteiger partial charge on any atom is -0.357 e. The van der Waals surface area contributed by atoms with Crippen LogP contribution in [0.3, 0.4) is 0 Å². The minimum absolute atomic E-state index is 0.184. The number of carbonyl (C=O) groups excluding carboxylic acids is 1. The van der Waals surface area contributed by atoms with Crippen LogP contribution in [-0.2, 0) is 22.4 Å². The highest BCUT2D eigenvalue weighted by atomic mass is 79.9. The van der Waals surface area contributed by atoms with E-state index in [9.17, 15) is 13.6 Å². The summed E-state index contributed by atoms with van der Waals surface area (Å²) in [6, 6.07) is 1.16. The van der Waals surface area contributed by atoms with Crippen molar-refractivity contribution in [3.05, 3.63) is 50.8 Å². The van der Waals surface area contributed by atoms with Crippen LogP contribution in [0, 0.1) is 11.6 Å². The summed E-state index contributed by atoms with van der Waals surface area (Å²) in [7, 11) is 2.90. The van der Waals surface area contributed by atoms with Gasteiger partial charge in [-0.15, -0.1) is 0 Å². The Morgan fingerprint density at radius 2 is 2.21 bits per heavy atom. The summed E-state index contributed by atoms with van der Waals surface area (Å²) >= 11 is 3.41. The molecule has 1 fully saturated rings. The van der Waals surface area contributed by atoms with Gasteiger partial charge in [0.05, 0.1) is 24.6 Å². The number of nitrogens with zero attached hydrogens (tertiary/aromatic N) is 3. The first-order valence-corrected chi connectivity index (χ1v) is 10.3. The number of carbonyl (C=O) groups is 1. The van der Waals surface area contributed by atoms with Crippen LogP contribution in [-0.4, -0.2) is 41.5 Å². The third-order valence-corrected chi connectivity index (χ3v) is 6.14. The van der Waals surface area contributed by atoms with Gasteiger partial charge in [0, 0.05) is 30.1 Å². The fourth-order valence-electron chi connectivity index (χ4n) is 3.49. The zero-order chi connectivity index (χ0) is 21.1. The first-order chi connectivity index (χ1) is 13.9. The highest BCUT2D eigenvalue weighted by molar-refractivity contribution is 9.10. The zero-order valence-electron chi connectivity index (χ0n) is 16.7. The van der Waals surface area contributed by atoms with E-state index in [-0.39, 0.29) is 24.1 Å². The maximum Gasteiger partial charge on any atom is 0.280 e. The fourth-order valence-corrected chi connectivity index (χ4v) is 4.20. The van der Waals surface area contributed by atoms with Crippen LogP contribution in [0.1, 0.15) is 59.6 Å². The topological polar surface area (TPSA) is 56.6 Å². The number of hydroxylamine groups is 2. The van der Waals surface area contributed by atoms with Gasteiger partial charge in [0.15, 0.2) is 11.6 Å². The maximum absolute atomic E-state index is 14.2. The Balaban J connectivity index is 2.08. The van der Waals surface area contributed by atoms with Crippen molar-refractivity contribution in [2.75, 3.05) is 20.8 Å². The summed E-state index contributed by atoms with van der Waals surface area (Å²) < 4.78 is 36.3. The predicted molar refractivity (Wildman–Crippen MR) is 106 cm³/mol. The average molecular weight is 472 g/mol. The molecule has 1 aromatic heterocycles. The molecule has 6 nitrogen and oxygen atoms in total. The van der Waals surface area contributed by atoms with Crippen molar-refractivity contribution < 1.29 is 23.1 Å². The number of hydrogen-bond donors (Lipinski definition) is 0. The molecule has 1 unspecified atom stereocenters. The Labute approximate surface area is 176 Å². The smallest absolute Gasteiger partial charge is 0.280 e. The predicted octanol–water partition coefficient (Wildman–Crippen LogP) is 4.41. The van der Waals surface area contributed by atoms with E-state index in [1.54, 1.807) is 11.6 Å². The number of ether oxygens (including phenoxy) is 1. The molecule has 29 heavy (non-hydrogen) atoms. The molecule has 1 aromatic carbocycles. The Morgan fingerprint density at radius 1 is 1.45 bits per heavy atom. The zero-order valence-corrected chi connectivity index (χ0v) is 18.3. The van der Waals surface area contributed by atoms with E-state index in [4.69, 9.17) is 9.57 Å². The average Bonchev–Trinajstić information content (AvgIpc) is 3.15. The lowest BCUT2D eigenvalue weighted by atomic mass is 10.0. The number of aromatic nitrogens is 2. The molecule has 158 valence electrons. The molecule has 0 spiro atoms. The van der Waals surface area contributed by atoms with Crippen molar-refractivity contribution in [2.24, 2.45) is 0 Å². The minimum atomic E-state index is -0.915. The van der Waals surface area contributed by atoms with Crippen molar-refractivity contribution in [1.82, 2.24) is 14.8 Å². The van der Waals surface area contributed by atoms with E-state index in [0.29, 0.717) is 34.3 Å². The van der Waals surface area contributed by atoms with Crippen LogP contribution in [0.2, 0.25) is 0 Å². The standard InChI is InChI=1S/C20H24BrF2N3O3/c1-4-13-18(21)12(9-15(22)19(13)23)10-16-14(20(27)25(2)28-3)11-24-26(16)17-7-5-6-8-29-17/h9,11,17H,4-8,10H2,1-3H3. The summed E-state index contributed by atoms with van der Waals surface area (Å²) in [6.45, 7) is 2.37. The summed E-state index contributed by atoms with van der Waals surface area (Å²) in [5.41, 5.74) is 1.70. The van der Waals surface area contributed by atoms with E-state index in [0.717, 1.165) is 30.4 Å². The first-order valence-electron chi connectivity index (χ1n) is 9.54. The normalized spacial score (nSPS) is 16.8. The van der Waals surface area contributed by atoms with Crippen molar-refractivity contribution in [3.8, 4) is 0 Å². The molecular weight excluding hydrogens is 448 g/mol. The van der Waals surface area contributed by atoms with Gasteiger partial charge in [-0.1, -0.05) is 22.9 Å². The lowest BCUT2D eigenvalue weighted by Gasteiger charge is -2.25. The molecule has 2 heterocycles. The Hall–Kier alpha value is -1.84. The molecule has 0 bridgehead atoms. The molecule has 0 radical (unpaired) electrons. The molecule has 1 aliphatic heterocycles. The lowest BCUT2D eigenvalue weighted by molar-refractivity contribution is -0.0758. The van der Waals surface area contributed by atoms with Crippen LogP contribution in [0.25, 0.3) is 0 Å². The van der Waals surface area contributed by atoms with Crippen LogP contribution in [0.15, 0.2) is 16.7 Å². The summed E-state index contributed by atoms with van der Waals surface area (Å²) in [4.78, 5) is 17.8. The Kier molecular flexibility index (Phi) is 7.02. The molecule has 9 heteroatoms. The molecular formula is C20H24BrF2N3O3. The van der Waals surface area contributed by atoms with E-state index in [1.165, 1.54) is 20.4 Å². The molecule has 1 saturated heterocycles. The van der Waals surface area contributed by atoms with Crippen molar-refractivity contribution >= 4 is 21.8 Å². The van der Waals surface area contributed by atoms with Gasteiger partial charge >= 0.3 is 0 Å². The summed E-state index contributed by atoms with van der Waals surface area (Å²) in [6.07, 6.45) is 4.41. The molecule has 2 aromatic rings. The third kappa shape index (κ3) is 4.36.